The number of hydrogen-bond acceptors (Lipinski definition) is 4. The first kappa shape index (κ1) is 13.6. The van der Waals surface area contributed by atoms with Crippen LogP contribution in [0.2, 0.25) is 0 Å². The molecule has 1 aliphatic heterocycles. The maximum absolute atomic E-state index is 5.93. The smallest absolute Gasteiger partial charge is 0.157 e. The van der Waals surface area contributed by atoms with E-state index in [2.05, 4.69) is 5.16 Å². The lowest BCUT2D eigenvalue weighted by atomic mass is 10.00. The Labute approximate surface area is 109 Å². The highest BCUT2D eigenvalue weighted by Gasteiger charge is 2.23. The molecule has 1 aliphatic rings. The second kappa shape index (κ2) is 6.34. The Morgan fingerprint density at radius 1 is 1.33 bits per heavy atom. The molecule has 0 amide bonds. The van der Waals surface area contributed by atoms with Gasteiger partial charge in [-0.05, 0) is 52.9 Å². The molecule has 4 nitrogen and oxygen atoms in total. The number of aryl methyl sites for hydroxylation is 2. The Morgan fingerprint density at radius 2 is 2.17 bits per heavy atom. The summed E-state index contributed by atoms with van der Waals surface area (Å²) in [4.78, 5) is 0. The molecule has 0 aromatic carbocycles. The molecule has 2 unspecified atom stereocenters. The van der Waals surface area contributed by atoms with Crippen LogP contribution >= 0.6 is 0 Å². The van der Waals surface area contributed by atoms with Crippen molar-refractivity contribution in [3.8, 4) is 0 Å². The van der Waals surface area contributed by atoms with E-state index in [4.69, 9.17) is 14.0 Å². The molecule has 2 heterocycles. The van der Waals surface area contributed by atoms with Crippen LogP contribution in [0.3, 0.4) is 0 Å². The summed E-state index contributed by atoms with van der Waals surface area (Å²) in [7, 11) is 0. The van der Waals surface area contributed by atoms with E-state index in [0.717, 1.165) is 43.7 Å². The minimum atomic E-state index is -0.00146. The second-order valence-electron chi connectivity index (χ2n) is 4.92. The Hall–Kier alpha value is -0.870. The third kappa shape index (κ3) is 3.33. The first-order valence-electron chi connectivity index (χ1n) is 6.89. The fourth-order valence-electron chi connectivity index (χ4n) is 2.55. The standard InChI is InChI=1S/C14H23NO3/c1-4-16-14-7-5-6-12(17-14)8-9-13-10(2)15-18-11(13)3/h12,14H,4-9H2,1-3H3. The van der Waals surface area contributed by atoms with Gasteiger partial charge in [-0.25, -0.2) is 0 Å². The van der Waals surface area contributed by atoms with Gasteiger partial charge in [0.1, 0.15) is 5.76 Å². The van der Waals surface area contributed by atoms with Crippen molar-refractivity contribution in [1.29, 1.82) is 0 Å². The molecule has 1 aromatic heterocycles. The summed E-state index contributed by atoms with van der Waals surface area (Å²) >= 11 is 0. The first-order chi connectivity index (χ1) is 8.70. The quantitative estimate of drug-likeness (QED) is 0.808. The van der Waals surface area contributed by atoms with Crippen molar-refractivity contribution in [2.45, 2.75) is 65.3 Å². The predicted molar refractivity (Wildman–Crippen MR) is 68.4 cm³/mol. The van der Waals surface area contributed by atoms with Crippen LogP contribution in [0.1, 0.15) is 49.6 Å². The summed E-state index contributed by atoms with van der Waals surface area (Å²) in [6, 6.07) is 0. The van der Waals surface area contributed by atoms with Crippen molar-refractivity contribution in [3.63, 3.8) is 0 Å². The largest absolute Gasteiger partial charge is 0.361 e. The van der Waals surface area contributed by atoms with Crippen molar-refractivity contribution in [2.75, 3.05) is 6.61 Å². The van der Waals surface area contributed by atoms with Crippen LogP contribution in [0.25, 0.3) is 0 Å². The summed E-state index contributed by atoms with van der Waals surface area (Å²) < 4.78 is 16.7. The zero-order valence-electron chi connectivity index (χ0n) is 11.6. The van der Waals surface area contributed by atoms with E-state index in [1.807, 2.05) is 20.8 Å². The van der Waals surface area contributed by atoms with Gasteiger partial charge in [-0.15, -0.1) is 0 Å². The van der Waals surface area contributed by atoms with E-state index in [1.165, 1.54) is 12.0 Å². The summed E-state index contributed by atoms with van der Waals surface area (Å²) in [5, 5.41) is 3.98. The molecule has 1 fully saturated rings. The van der Waals surface area contributed by atoms with Crippen LogP contribution in [0.4, 0.5) is 0 Å². The van der Waals surface area contributed by atoms with Crippen LogP contribution in [0.5, 0.6) is 0 Å². The summed E-state index contributed by atoms with van der Waals surface area (Å²) in [5.41, 5.74) is 2.24. The Morgan fingerprint density at radius 3 is 2.83 bits per heavy atom. The van der Waals surface area contributed by atoms with Gasteiger partial charge in [0.2, 0.25) is 0 Å². The molecule has 2 rings (SSSR count). The van der Waals surface area contributed by atoms with Crippen LogP contribution in [0.15, 0.2) is 4.52 Å². The lowest BCUT2D eigenvalue weighted by Crippen LogP contribution is -2.30. The maximum atomic E-state index is 5.93. The van der Waals surface area contributed by atoms with Gasteiger partial charge < -0.3 is 14.0 Å². The molecule has 4 heteroatoms. The van der Waals surface area contributed by atoms with Gasteiger partial charge in [0.05, 0.1) is 11.8 Å². The Kier molecular flexibility index (Phi) is 4.78. The van der Waals surface area contributed by atoms with E-state index in [1.54, 1.807) is 0 Å². The van der Waals surface area contributed by atoms with Gasteiger partial charge in [0.15, 0.2) is 6.29 Å². The highest BCUT2D eigenvalue weighted by Crippen LogP contribution is 2.24. The SMILES string of the molecule is CCOC1CCCC(CCc2c(C)noc2C)O1. The highest BCUT2D eigenvalue weighted by atomic mass is 16.7. The molecular weight excluding hydrogens is 230 g/mol. The molecule has 0 aliphatic carbocycles. The molecular formula is C14H23NO3. The minimum absolute atomic E-state index is 0.00146. The minimum Gasteiger partial charge on any atom is -0.361 e. The average molecular weight is 253 g/mol. The molecule has 0 bridgehead atoms. The fraction of sp³-hybridized carbons (Fsp3) is 0.786. The molecule has 0 radical (unpaired) electrons. The van der Waals surface area contributed by atoms with Crippen LogP contribution in [-0.2, 0) is 15.9 Å². The summed E-state index contributed by atoms with van der Waals surface area (Å²) in [5.74, 6) is 0.935. The molecule has 1 aromatic rings. The van der Waals surface area contributed by atoms with Gasteiger partial charge in [-0.3, -0.25) is 0 Å². The van der Waals surface area contributed by atoms with Crippen molar-refractivity contribution in [3.05, 3.63) is 17.0 Å². The molecule has 1 saturated heterocycles. The second-order valence-corrected chi connectivity index (χ2v) is 4.92. The zero-order chi connectivity index (χ0) is 13.0. The average Bonchev–Trinajstić information content (AvgIpc) is 2.68. The molecule has 0 saturated carbocycles. The normalized spacial score (nSPS) is 24.4. The third-order valence-electron chi connectivity index (χ3n) is 3.56. The monoisotopic (exact) mass is 253 g/mol. The number of nitrogens with zero attached hydrogens (tertiary/aromatic N) is 1. The zero-order valence-corrected chi connectivity index (χ0v) is 11.6. The molecule has 18 heavy (non-hydrogen) atoms. The van der Waals surface area contributed by atoms with Crippen LogP contribution in [-0.4, -0.2) is 24.2 Å². The molecule has 102 valence electrons. The topological polar surface area (TPSA) is 44.5 Å². The summed E-state index contributed by atoms with van der Waals surface area (Å²) in [6.45, 7) is 6.70. The van der Waals surface area contributed by atoms with Gasteiger partial charge in [-0.2, -0.15) is 0 Å². The van der Waals surface area contributed by atoms with Crippen molar-refractivity contribution >= 4 is 0 Å². The van der Waals surface area contributed by atoms with Gasteiger partial charge in [0, 0.05) is 12.2 Å². The predicted octanol–water partition coefficient (Wildman–Crippen LogP) is 3.16. The molecule has 2 atom stereocenters. The number of hydrogen-bond donors (Lipinski definition) is 0. The third-order valence-corrected chi connectivity index (χ3v) is 3.56. The van der Waals surface area contributed by atoms with E-state index in [9.17, 15) is 0 Å². The molecule has 0 N–H and O–H groups in total. The highest BCUT2D eigenvalue weighted by molar-refractivity contribution is 5.20. The van der Waals surface area contributed by atoms with E-state index in [-0.39, 0.29) is 6.29 Å². The van der Waals surface area contributed by atoms with Gasteiger partial charge in [-0.1, -0.05) is 5.16 Å². The number of rotatable bonds is 5. The lowest BCUT2D eigenvalue weighted by Gasteiger charge is -2.29. The first-order valence-corrected chi connectivity index (χ1v) is 6.89. The van der Waals surface area contributed by atoms with Gasteiger partial charge in [0.25, 0.3) is 0 Å². The van der Waals surface area contributed by atoms with Gasteiger partial charge >= 0.3 is 0 Å². The Balaban J connectivity index is 1.83. The maximum Gasteiger partial charge on any atom is 0.157 e. The Bertz CT molecular complexity index is 354. The van der Waals surface area contributed by atoms with Crippen molar-refractivity contribution in [2.24, 2.45) is 0 Å². The number of aromatic nitrogens is 1. The van der Waals surface area contributed by atoms with Crippen LogP contribution in [0, 0.1) is 13.8 Å². The molecule has 0 spiro atoms. The fourth-order valence-corrected chi connectivity index (χ4v) is 2.55. The summed E-state index contributed by atoms with van der Waals surface area (Å²) in [6.07, 6.45) is 5.65. The van der Waals surface area contributed by atoms with Crippen molar-refractivity contribution in [1.82, 2.24) is 5.16 Å². The lowest BCUT2D eigenvalue weighted by molar-refractivity contribution is -0.192. The van der Waals surface area contributed by atoms with E-state index < -0.39 is 0 Å². The van der Waals surface area contributed by atoms with E-state index in [0.29, 0.717) is 6.10 Å². The van der Waals surface area contributed by atoms with Crippen LogP contribution < -0.4 is 0 Å². The number of ether oxygens (including phenoxy) is 2. The van der Waals surface area contributed by atoms with Crippen molar-refractivity contribution < 1.29 is 14.0 Å². The van der Waals surface area contributed by atoms with E-state index >= 15 is 0 Å².